The lowest BCUT2D eigenvalue weighted by atomic mass is 9.75. The first-order valence-corrected chi connectivity index (χ1v) is 12.2. The summed E-state index contributed by atoms with van der Waals surface area (Å²) in [4.78, 5) is 0. The summed E-state index contributed by atoms with van der Waals surface area (Å²) in [5, 5.41) is 0. The van der Waals surface area contributed by atoms with Crippen molar-refractivity contribution in [3.05, 3.63) is 99.1 Å². The molecule has 0 aliphatic heterocycles. The van der Waals surface area contributed by atoms with Gasteiger partial charge in [-0.1, -0.05) is 43.7 Å². The average Bonchev–Trinajstić information content (AvgIpc) is 2.88. The smallest absolute Gasteiger partial charge is 0.200 e. The monoisotopic (exact) mass is 506 g/mol. The Morgan fingerprint density at radius 1 is 0.639 bits per heavy atom. The number of benzene rings is 3. The maximum Gasteiger partial charge on any atom is 0.200 e. The van der Waals surface area contributed by atoms with Gasteiger partial charge in [0.1, 0.15) is 6.61 Å². The minimum atomic E-state index is -1.19. The van der Waals surface area contributed by atoms with Crippen molar-refractivity contribution < 1.29 is 31.1 Å². The third-order valence-electron chi connectivity index (χ3n) is 7.13. The molecule has 36 heavy (non-hydrogen) atoms. The van der Waals surface area contributed by atoms with Crippen LogP contribution in [0.1, 0.15) is 78.7 Å². The van der Waals surface area contributed by atoms with E-state index in [0.717, 1.165) is 0 Å². The summed E-state index contributed by atoms with van der Waals surface area (Å²) in [5.41, 5.74) is 0.916. The van der Waals surface area contributed by atoms with Crippen molar-refractivity contribution in [1.82, 2.24) is 0 Å². The van der Waals surface area contributed by atoms with Crippen molar-refractivity contribution in [2.24, 2.45) is 0 Å². The van der Waals surface area contributed by atoms with Gasteiger partial charge >= 0.3 is 0 Å². The van der Waals surface area contributed by atoms with Gasteiger partial charge in [-0.2, -0.15) is 4.39 Å². The van der Waals surface area contributed by atoms with E-state index in [1.807, 2.05) is 6.92 Å². The van der Waals surface area contributed by atoms with Crippen molar-refractivity contribution in [3.63, 3.8) is 0 Å². The molecule has 1 fully saturated rings. The molecule has 0 bridgehead atoms. The maximum atomic E-state index is 14.9. The first-order chi connectivity index (χ1) is 17.2. The molecule has 192 valence electrons. The lowest BCUT2D eigenvalue weighted by Gasteiger charge is -2.30. The van der Waals surface area contributed by atoms with E-state index >= 15 is 0 Å². The van der Waals surface area contributed by atoms with Crippen LogP contribution in [0.15, 0.2) is 36.4 Å². The molecule has 1 aliphatic rings. The van der Waals surface area contributed by atoms with Crippen molar-refractivity contribution in [3.8, 4) is 5.75 Å². The summed E-state index contributed by atoms with van der Waals surface area (Å²) in [6.45, 7) is 2.91. The van der Waals surface area contributed by atoms with E-state index in [-0.39, 0.29) is 39.8 Å². The molecule has 7 heteroatoms. The van der Waals surface area contributed by atoms with E-state index < -0.39 is 41.5 Å². The topological polar surface area (TPSA) is 9.23 Å². The van der Waals surface area contributed by atoms with Gasteiger partial charge in [0.15, 0.2) is 34.8 Å². The second-order valence-electron chi connectivity index (χ2n) is 9.48. The van der Waals surface area contributed by atoms with Crippen LogP contribution in [0.3, 0.4) is 0 Å². The van der Waals surface area contributed by atoms with Gasteiger partial charge in [0.2, 0.25) is 5.82 Å². The van der Waals surface area contributed by atoms with Crippen molar-refractivity contribution in [2.75, 3.05) is 0 Å². The molecule has 0 N–H and O–H groups in total. The van der Waals surface area contributed by atoms with E-state index in [9.17, 15) is 26.3 Å². The molecule has 0 spiro atoms. The van der Waals surface area contributed by atoms with Crippen LogP contribution < -0.4 is 4.74 Å². The molecule has 0 unspecified atom stereocenters. The SMILES string of the molecule is CCCc1ccc(COc2ccc(C3CCC(c4ccc(C)c(F)c4F)CC3)c(F)c2F)c(F)c1F. The lowest BCUT2D eigenvalue weighted by molar-refractivity contribution is 0.275. The molecule has 1 aliphatic carbocycles. The Morgan fingerprint density at radius 2 is 1.17 bits per heavy atom. The first kappa shape index (κ1) is 26.1. The fourth-order valence-electron chi connectivity index (χ4n) is 5.02. The summed E-state index contributed by atoms with van der Waals surface area (Å²) in [7, 11) is 0. The summed E-state index contributed by atoms with van der Waals surface area (Å²) >= 11 is 0. The average molecular weight is 507 g/mol. The highest BCUT2D eigenvalue weighted by atomic mass is 19.2. The van der Waals surface area contributed by atoms with Crippen molar-refractivity contribution in [1.29, 1.82) is 0 Å². The molecule has 3 aromatic rings. The molecule has 0 amide bonds. The van der Waals surface area contributed by atoms with Crippen LogP contribution >= 0.6 is 0 Å². The fraction of sp³-hybridized carbons (Fsp3) is 0.379. The Morgan fingerprint density at radius 3 is 1.78 bits per heavy atom. The Kier molecular flexibility index (Phi) is 7.96. The molecule has 0 radical (unpaired) electrons. The fourth-order valence-corrected chi connectivity index (χ4v) is 5.02. The van der Waals surface area contributed by atoms with Gasteiger partial charge in [0, 0.05) is 5.56 Å². The van der Waals surface area contributed by atoms with Gasteiger partial charge < -0.3 is 4.74 Å². The molecule has 1 saturated carbocycles. The zero-order valence-electron chi connectivity index (χ0n) is 20.2. The Labute approximate surface area is 207 Å². The quantitative estimate of drug-likeness (QED) is 0.291. The van der Waals surface area contributed by atoms with Crippen LogP contribution in [-0.2, 0) is 13.0 Å². The van der Waals surface area contributed by atoms with E-state index in [1.165, 1.54) is 31.2 Å². The largest absolute Gasteiger partial charge is 0.486 e. The Hall–Kier alpha value is -2.96. The van der Waals surface area contributed by atoms with Crippen LogP contribution in [-0.4, -0.2) is 0 Å². The van der Waals surface area contributed by atoms with Gasteiger partial charge in [0.05, 0.1) is 0 Å². The molecular weight excluding hydrogens is 478 g/mol. The van der Waals surface area contributed by atoms with Gasteiger partial charge in [-0.3, -0.25) is 0 Å². The van der Waals surface area contributed by atoms with Crippen molar-refractivity contribution in [2.45, 2.75) is 70.8 Å². The number of hydrogen-bond donors (Lipinski definition) is 0. The van der Waals surface area contributed by atoms with Crippen LogP contribution in [0.2, 0.25) is 0 Å². The molecular formula is C29H28F6O. The van der Waals surface area contributed by atoms with Crippen LogP contribution in [0, 0.1) is 41.8 Å². The number of halogens is 6. The van der Waals surface area contributed by atoms with Crippen LogP contribution in [0.25, 0.3) is 0 Å². The van der Waals surface area contributed by atoms with Crippen LogP contribution in [0.5, 0.6) is 5.75 Å². The number of hydrogen-bond acceptors (Lipinski definition) is 1. The minimum Gasteiger partial charge on any atom is -0.486 e. The summed E-state index contributed by atoms with van der Waals surface area (Å²) < 4.78 is 91.9. The van der Waals surface area contributed by atoms with E-state index in [4.69, 9.17) is 4.74 Å². The zero-order valence-corrected chi connectivity index (χ0v) is 20.2. The highest BCUT2D eigenvalue weighted by Gasteiger charge is 2.29. The van der Waals surface area contributed by atoms with Gasteiger partial charge in [0.25, 0.3) is 0 Å². The second-order valence-corrected chi connectivity index (χ2v) is 9.48. The van der Waals surface area contributed by atoms with Gasteiger partial charge in [-0.15, -0.1) is 0 Å². The third kappa shape index (κ3) is 5.11. The molecule has 0 aromatic heterocycles. The molecule has 0 heterocycles. The summed E-state index contributed by atoms with van der Waals surface area (Å²) in [5.74, 6) is -6.79. The van der Waals surface area contributed by atoms with Gasteiger partial charge in [-0.05, 0) is 79.2 Å². The number of ether oxygens (including phenoxy) is 1. The molecule has 0 saturated heterocycles. The Bertz CT molecular complexity index is 1250. The van der Waals surface area contributed by atoms with Crippen LogP contribution in [0.4, 0.5) is 26.3 Å². The highest BCUT2D eigenvalue weighted by Crippen LogP contribution is 2.43. The lowest BCUT2D eigenvalue weighted by Crippen LogP contribution is -2.15. The Balaban J connectivity index is 1.43. The zero-order chi connectivity index (χ0) is 26.0. The third-order valence-corrected chi connectivity index (χ3v) is 7.13. The number of rotatable bonds is 7. The maximum absolute atomic E-state index is 14.9. The highest BCUT2D eigenvalue weighted by molar-refractivity contribution is 5.35. The van der Waals surface area contributed by atoms with E-state index in [1.54, 1.807) is 12.1 Å². The van der Waals surface area contributed by atoms with Gasteiger partial charge in [-0.25, -0.2) is 22.0 Å². The molecule has 4 rings (SSSR count). The minimum absolute atomic E-state index is 0.0886. The summed E-state index contributed by atoms with van der Waals surface area (Å²) in [6, 6.07) is 8.71. The first-order valence-electron chi connectivity index (χ1n) is 12.2. The molecule has 0 atom stereocenters. The normalized spacial score (nSPS) is 17.9. The van der Waals surface area contributed by atoms with E-state index in [0.29, 0.717) is 44.1 Å². The predicted octanol–water partition coefficient (Wildman–Crippen LogP) is 8.80. The van der Waals surface area contributed by atoms with Crippen molar-refractivity contribution >= 4 is 0 Å². The summed E-state index contributed by atoms with van der Waals surface area (Å²) in [6.07, 6.45) is 3.07. The number of aryl methyl sites for hydroxylation is 2. The van der Waals surface area contributed by atoms with E-state index in [2.05, 4.69) is 0 Å². The second kappa shape index (κ2) is 11.0. The molecule has 1 nitrogen and oxygen atoms in total. The molecule has 3 aromatic carbocycles. The predicted molar refractivity (Wildman–Crippen MR) is 126 cm³/mol. The standard InChI is InChI=1S/C29H28F6O/c1-3-4-19-10-11-20(26(32)25(19)31)15-36-23-14-13-22(28(34)29(23)35)18-8-6-17(7-9-18)21-12-5-16(2)24(30)27(21)33/h5,10-14,17-18H,3-4,6-9,15H2,1-2H3.